The number of hydrogen-bond donors (Lipinski definition) is 1. The van der Waals surface area contributed by atoms with Crippen LogP contribution in [0.2, 0.25) is 0 Å². The van der Waals surface area contributed by atoms with E-state index in [1.165, 1.54) is 4.88 Å². The number of amides is 1. The number of thiophene rings is 1. The van der Waals surface area contributed by atoms with Crippen LogP contribution in [0.25, 0.3) is 6.08 Å². The summed E-state index contributed by atoms with van der Waals surface area (Å²) in [5.41, 5.74) is 1.02. The highest BCUT2D eigenvalue weighted by molar-refractivity contribution is 7.12. The van der Waals surface area contributed by atoms with Crippen LogP contribution in [0.5, 0.6) is 11.5 Å². The molecule has 3 rings (SSSR count). The molecule has 0 bridgehead atoms. The zero-order valence-electron chi connectivity index (χ0n) is 14.7. The maximum atomic E-state index is 12.4. The minimum Gasteiger partial charge on any atom is -0.486 e. The predicted octanol–water partition coefficient (Wildman–Crippen LogP) is 4.35. The molecule has 1 aliphatic rings. The van der Waals surface area contributed by atoms with Crippen LogP contribution in [-0.4, -0.2) is 19.1 Å². The van der Waals surface area contributed by atoms with Gasteiger partial charge in [-0.25, -0.2) is 0 Å². The summed E-state index contributed by atoms with van der Waals surface area (Å²) in [5.74, 6) is 1.66. The average molecular weight is 357 g/mol. The van der Waals surface area contributed by atoms with E-state index >= 15 is 0 Å². The molecule has 132 valence electrons. The quantitative estimate of drug-likeness (QED) is 0.809. The van der Waals surface area contributed by atoms with E-state index in [1.54, 1.807) is 17.4 Å². The summed E-state index contributed by atoms with van der Waals surface area (Å²) >= 11 is 1.67. The highest BCUT2D eigenvalue weighted by Gasteiger charge is 2.20. The van der Waals surface area contributed by atoms with Gasteiger partial charge in [-0.3, -0.25) is 4.79 Å². The molecule has 25 heavy (non-hydrogen) atoms. The molecule has 0 saturated heterocycles. The highest BCUT2D eigenvalue weighted by atomic mass is 32.1. The van der Waals surface area contributed by atoms with Gasteiger partial charge in [0, 0.05) is 15.8 Å². The van der Waals surface area contributed by atoms with Crippen molar-refractivity contribution in [2.45, 2.75) is 26.8 Å². The van der Waals surface area contributed by atoms with E-state index in [9.17, 15) is 4.79 Å². The number of fused-ring (bicyclic) bond motifs is 1. The van der Waals surface area contributed by atoms with E-state index < -0.39 is 0 Å². The first kappa shape index (κ1) is 17.5. The monoisotopic (exact) mass is 357 g/mol. The molecule has 2 aromatic rings. The first-order valence-corrected chi connectivity index (χ1v) is 9.29. The van der Waals surface area contributed by atoms with Crippen molar-refractivity contribution in [3.8, 4) is 11.5 Å². The highest BCUT2D eigenvalue weighted by Crippen LogP contribution is 2.34. The number of carbonyl (C=O) groups excluding carboxylic acids is 1. The van der Waals surface area contributed by atoms with Gasteiger partial charge >= 0.3 is 0 Å². The first-order valence-electron chi connectivity index (χ1n) is 8.47. The van der Waals surface area contributed by atoms with Crippen LogP contribution in [0.15, 0.2) is 36.4 Å². The Kier molecular flexibility index (Phi) is 5.43. The Morgan fingerprint density at radius 3 is 2.60 bits per heavy atom. The number of rotatable bonds is 5. The van der Waals surface area contributed by atoms with E-state index in [-0.39, 0.29) is 17.9 Å². The van der Waals surface area contributed by atoms with Gasteiger partial charge in [-0.2, -0.15) is 0 Å². The molecule has 5 heteroatoms. The summed E-state index contributed by atoms with van der Waals surface area (Å²) in [7, 11) is 0. The lowest BCUT2D eigenvalue weighted by Crippen LogP contribution is -2.30. The Morgan fingerprint density at radius 2 is 1.92 bits per heavy atom. The molecular weight excluding hydrogens is 334 g/mol. The van der Waals surface area contributed by atoms with Crippen molar-refractivity contribution in [3.05, 3.63) is 51.7 Å². The molecule has 0 unspecified atom stereocenters. The molecule has 1 N–H and O–H groups in total. The summed E-state index contributed by atoms with van der Waals surface area (Å²) in [6.45, 7) is 7.36. The van der Waals surface area contributed by atoms with Crippen LogP contribution in [0.4, 0.5) is 0 Å². The minimum atomic E-state index is -0.0976. The molecule has 1 aromatic carbocycles. The van der Waals surface area contributed by atoms with Crippen LogP contribution >= 0.6 is 11.3 Å². The van der Waals surface area contributed by atoms with Crippen molar-refractivity contribution in [1.82, 2.24) is 5.32 Å². The Morgan fingerprint density at radius 1 is 1.16 bits per heavy atom. The fourth-order valence-corrected chi connectivity index (χ4v) is 3.57. The molecule has 0 spiro atoms. The Hall–Kier alpha value is -2.27. The SMILES string of the molecule is Cc1ccc(/C=C/C(=O)N[C@@H](c2ccc3c(c2)OCCO3)C(C)C)s1. The zero-order valence-corrected chi connectivity index (χ0v) is 15.6. The molecular formula is C20H23NO3S. The van der Waals surface area contributed by atoms with Gasteiger partial charge in [0.25, 0.3) is 0 Å². The van der Waals surface area contributed by atoms with Gasteiger partial charge in [-0.05, 0) is 48.7 Å². The van der Waals surface area contributed by atoms with Gasteiger partial charge in [0.15, 0.2) is 11.5 Å². The Balaban J connectivity index is 1.72. The molecule has 4 nitrogen and oxygen atoms in total. The lowest BCUT2D eigenvalue weighted by atomic mass is 9.95. The van der Waals surface area contributed by atoms with E-state index in [1.807, 2.05) is 36.4 Å². The van der Waals surface area contributed by atoms with Gasteiger partial charge in [-0.15, -0.1) is 11.3 Å². The summed E-state index contributed by atoms with van der Waals surface area (Å²) < 4.78 is 11.2. The van der Waals surface area contributed by atoms with Gasteiger partial charge in [0.05, 0.1) is 6.04 Å². The largest absolute Gasteiger partial charge is 0.486 e. The normalized spacial score (nSPS) is 14.7. The van der Waals surface area contributed by atoms with Crippen LogP contribution < -0.4 is 14.8 Å². The van der Waals surface area contributed by atoms with Crippen molar-refractivity contribution in [1.29, 1.82) is 0 Å². The zero-order chi connectivity index (χ0) is 17.8. The van der Waals surface area contributed by atoms with Gasteiger partial charge in [0.2, 0.25) is 5.91 Å². The molecule has 0 fully saturated rings. The number of aryl methyl sites for hydroxylation is 1. The summed E-state index contributed by atoms with van der Waals surface area (Å²) in [5, 5.41) is 3.10. The van der Waals surface area contributed by atoms with Crippen molar-refractivity contribution in [3.63, 3.8) is 0 Å². The maximum absolute atomic E-state index is 12.4. The fraction of sp³-hybridized carbons (Fsp3) is 0.350. The number of hydrogen-bond acceptors (Lipinski definition) is 4. The lowest BCUT2D eigenvalue weighted by molar-refractivity contribution is -0.117. The van der Waals surface area contributed by atoms with Crippen LogP contribution in [0, 0.1) is 12.8 Å². The Labute approximate surface area is 152 Å². The molecule has 1 amide bonds. The standard InChI is InChI=1S/C20H23NO3S/c1-13(2)20(15-5-8-17-18(12-15)24-11-10-23-17)21-19(22)9-7-16-6-4-14(3)25-16/h4-9,12-13,20H,10-11H2,1-3H3,(H,21,22)/b9-7+/t20-/m1/s1. The lowest BCUT2D eigenvalue weighted by Gasteiger charge is -2.25. The fourth-order valence-electron chi connectivity index (χ4n) is 2.79. The number of carbonyl (C=O) groups is 1. The van der Waals surface area contributed by atoms with E-state index in [2.05, 4.69) is 26.1 Å². The molecule has 0 radical (unpaired) electrons. The van der Waals surface area contributed by atoms with Crippen molar-refractivity contribution in [2.24, 2.45) is 5.92 Å². The predicted molar refractivity (Wildman–Crippen MR) is 101 cm³/mol. The minimum absolute atomic E-state index is 0.0851. The van der Waals surface area contributed by atoms with Gasteiger partial charge in [-0.1, -0.05) is 19.9 Å². The second kappa shape index (κ2) is 7.74. The molecule has 1 aliphatic heterocycles. The van der Waals surface area contributed by atoms with Crippen molar-refractivity contribution < 1.29 is 14.3 Å². The van der Waals surface area contributed by atoms with Gasteiger partial charge < -0.3 is 14.8 Å². The third-order valence-corrected chi connectivity index (χ3v) is 5.02. The second-order valence-corrected chi connectivity index (χ2v) is 7.73. The first-order chi connectivity index (χ1) is 12.0. The van der Waals surface area contributed by atoms with Crippen LogP contribution in [0.3, 0.4) is 0 Å². The molecule has 1 atom stereocenters. The number of ether oxygens (including phenoxy) is 2. The summed E-state index contributed by atoms with van der Waals surface area (Å²) in [6, 6.07) is 9.85. The van der Waals surface area contributed by atoms with Crippen LogP contribution in [0.1, 0.15) is 35.2 Å². The summed E-state index contributed by atoms with van der Waals surface area (Å²) in [6.07, 6.45) is 3.45. The topological polar surface area (TPSA) is 47.6 Å². The van der Waals surface area contributed by atoms with E-state index in [4.69, 9.17) is 9.47 Å². The average Bonchev–Trinajstić information content (AvgIpc) is 3.02. The smallest absolute Gasteiger partial charge is 0.244 e. The summed E-state index contributed by atoms with van der Waals surface area (Å²) in [4.78, 5) is 14.7. The number of benzene rings is 1. The number of nitrogens with one attached hydrogen (secondary N) is 1. The third-order valence-electron chi connectivity index (χ3n) is 4.05. The van der Waals surface area contributed by atoms with Crippen molar-refractivity contribution in [2.75, 3.05) is 13.2 Å². The molecule has 0 saturated carbocycles. The second-order valence-electron chi connectivity index (χ2n) is 6.42. The van der Waals surface area contributed by atoms with E-state index in [0.717, 1.165) is 21.9 Å². The third kappa shape index (κ3) is 4.42. The molecule has 0 aliphatic carbocycles. The van der Waals surface area contributed by atoms with Gasteiger partial charge in [0.1, 0.15) is 13.2 Å². The maximum Gasteiger partial charge on any atom is 0.244 e. The van der Waals surface area contributed by atoms with E-state index in [0.29, 0.717) is 13.2 Å². The molecule has 1 aromatic heterocycles. The molecule has 2 heterocycles. The Bertz CT molecular complexity index is 779. The van der Waals surface area contributed by atoms with Crippen LogP contribution in [-0.2, 0) is 4.79 Å². The van der Waals surface area contributed by atoms with Crippen molar-refractivity contribution >= 4 is 23.3 Å².